The van der Waals surface area contributed by atoms with Gasteiger partial charge in [0.05, 0.1) is 5.92 Å². The summed E-state index contributed by atoms with van der Waals surface area (Å²) in [5, 5.41) is 2.73. The van der Waals surface area contributed by atoms with Crippen molar-refractivity contribution in [2.45, 2.75) is 52.6 Å². The second kappa shape index (κ2) is 9.16. The Morgan fingerprint density at radius 3 is 2.43 bits per heavy atom. The van der Waals surface area contributed by atoms with Crippen molar-refractivity contribution in [3.05, 3.63) is 30.3 Å². The zero-order valence-electron chi connectivity index (χ0n) is 13.1. The number of amides is 1. The van der Waals surface area contributed by atoms with Gasteiger partial charge in [0.25, 0.3) is 5.91 Å². The standard InChI is InChI=1S/C17H25NO3/c1-4-6-10-14(5-2)17(20)21-13(3)16(19)18-15-11-8-7-9-12-15/h7-9,11-14H,4-6,10H2,1-3H3,(H,18,19)/t13-,14-/m1/s1. The van der Waals surface area contributed by atoms with Crippen LogP contribution in [0, 0.1) is 5.92 Å². The molecule has 0 heterocycles. The number of para-hydroxylation sites is 1. The molecule has 0 fully saturated rings. The summed E-state index contributed by atoms with van der Waals surface area (Å²) in [5.74, 6) is -0.696. The van der Waals surface area contributed by atoms with Crippen LogP contribution in [0.15, 0.2) is 30.3 Å². The second-order valence-corrected chi connectivity index (χ2v) is 5.18. The molecule has 0 saturated carbocycles. The first-order valence-corrected chi connectivity index (χ1v) is 7.64. The van der Waals surface area contributed by atoms with Crippen LogP contribution in [0.5, 0.6) is 0 Å². The lowest BCUT2D eigenvalue weighted by Gasteiger charge is -2.18. The Morgan fingerprint density at radius 1 is 1.19 bits per heavy atom. The van der Waals surface area contributed by atoms with E-state index in [0.717, 1.165) is 25.7 Å². The number of hydrogen-bond acceptors (Lipinski definition) is 3. The number of ether oxygens (including phenoxy) is 1. The van der Waals surface area contributed by atoms with Crippen molar-refractivity contribution in [1.29, 1.82) is 0 Å². The highest BCUT2D eigenvalue weighted by atomic mass is 16.5. The maximum atomic E-state index is 12.0. The molecule has 0 aliphatic heterocycles. The number of carbonyl (C=O) groups is 2. The van der Waals surface area contributed by atoms with Gasteiger partial charge in [-0.3, -0.25) is 9.59 Å². The summed E-state index contributed by atoms with van der Waals surface area (Å²) in [5.41, 5.74) is 0.698. The van der Waals surface area contributed by atoms with E-state index in [1.165, 1.54) is 0 Å². The maximum absolute atomic E-state index is 12.0. The number of hydrogen-bond donors (Lipinski definition) is 1. The van der Waals surface area contributed by atoms with Gasteiger partial charge in [0, 0.05) is 5.69 Å². The summed E-state index contributed by atoms with van der Waals surface area (Å²) in [6, 6.07) is 9.14. The van der Waals surface area contributed by atoms with Gasteiger partial charge >= 0.3 is 5.97 Å². The molecule has 0 aromatic heterocycles. The van der Waals surface area contributed by atoms with E-state index in [1.807, 2.05) is 25.1 Å². The number of rotatable bonds is 8. The summed E-state index contributed by atoms with van der Waals surface area (Å²) in [4.78, 5) is 24.0. The normalized spacial score (nSPS) is 13.3. The monoisotopic (exact) mass is 291 g/mol. The van der Waals surface area contributed by atoms with Gasteiger partial charge in [0.15, 0.2) is 6.10 Å². The fraction of sp³-hybridized carbons (Fsp3) is 0.529. The predicted molar refractivity (Wildman–Crippen MR) is 83.9 cm³/mol. The number of benzene rings is 1. The van der Waals surface area contributed by atoms with Gasteiger partial charge in [-0.25, -0.2) is 0 Å². The molecule has 1 N–H and O–H groups in total. The molecule has 2 atom stereocenters. The van der Waals surface area contributed by atoms with E-state index in [2.05, 4.69) is 12.2 Å². The Hall–Kier alpha value is -1.84. The first-order valence-electron chi connectivity index (χ1n) is 7.64. The van der Waals surface area contributed by atoms with Crippen molar-refractivity contribution in [3.8, 4) is 0 Å². The number of anilines is 1. The topological polar surface area (TPSA) is 55.4 Å². The summed E-state index contributed by atoms with van der Waals surface area (Å²) in [7, 11) is 0. The van der Waals surface area contributed by atoms with Crippen LogP contribution >= 0.6 is 0 Å². The van der Waals surface area contributed by atoms with Gasteiger partial charge in [0.1, 0.15) is 0 Å². The van der Waals surface area contributed by atoms with Gasteiger partial charge in [-0.15, -0.1) is 0 Å². The van der Waals surface area contributed by atoms with Gasteiger partial charge in [-0.05, 0) is 31.9 Å². The fourth-order valence-electron chi connectivity index (χ4n) is 2.03. The SMILES string of the molecule is CCCC[C@@H](CC)C(=O)O[C@H](C)C(=O)Nc1ccccc1. The van der Waals surface area contributed by atoms with Crippen LogP contribution in [0.3, 0.4) is 0 Å². The number of esters is 1. The zero-order chi connectivity index (χ0) is 15.7. The number of carbonyl (C=O) groups excluding carboxylic acids is 2. The average molecular weight is 291 g/mol. The third kappa shape index (κ3) is 5.98. The van der Waals surface area contributed by atoms with E-state index in [1.54, 1.807) is 19.1 Å². The minimum absolute atomic E-state index is 0.114. The lowest BCUT2D eigenvalue weighted by atomic mass is 10.00. The molecule has 0 radical (unpaired) electrons. The molecular weight excluding hydrogens is 266 g/mol. The Kier molecular flexibility index (Phi) is 7.51. The summed E-state index contributed by atoms with van der Waals surface area (Å²) < 4.78 is 5.28. The van der Waals surface area contributed by atoms with Crippen LogP contribution in [0.25, 0.3) is 0 Å². The van der Waals surface area contributed by atoms with E-state index in [-0.39, 0.29) is 17.8 Å². The summed E-state index contributed by atoms with van der Waals surface area (Å²) in [6.45, 7) is 5.66. The highest BCUT2D eigenvalue weighted by molar-refractivity contribution is 5.95. The molecular formula is C17H25NO3. The highest BCUT2D eigenvalue weighted by Crippen LogP contribution is 2.16. The minimum Gasteiger partial charge on any atom is -0.452 e. The third-order valence-electron chi connectivity index (χ3n) is 3.44. The zero-order valence-corrected chi connectivity index (χ0v) is 13.1. The highest BCUT2D eigenvalue weighted by Gasteiger charge is 2.23. The van der Waals surface area contributed by atoms with Crippen LogP contribution in [0.2, 0.25) is 0 Å². The average Bonchev–Trinajstić information content (AvgIpc) is 2.49. The molecule has 21 heavy (non-hydrogen) atoms. The summed E-state index contributed by atoms with van der Waals surface area (Å²) >= 11 is 0. The van der Waals surface area contributed by atoms with Crippen molar-refractivity contribution in [1.82, 2.24) is 0 Å². The molecule has 1 amide bonds. The number of nitrogens with one attached hydrogen (secondary N) is 1. The molecule has 0 aliphatic carbocycles. The second-order valence-electron chi connectivity index (χ2n) is 5.18. The molecule has 0 saturated heterocycles. The molecule has 4 heteroatoms. The third-order valence-corrected chi connectivity index (χ3v) is 3.44. The van der Waals surface area contributed by atoms with Gasteiger partial charge < -0.3 is 10.1 Å². The molecule has 4 nitrogen and oxygen atoms in total. The van der Waals surface area contributed by atoms with Crippen LogP contribution in [0.4, 0.5) is 5.69 Å². The Labute approximate surface area is 126 Å². The van der Waals surface area contributed by atoms with E-state index in [9.17, 15) is 9.59 Å². The van der Waals surface area contributed by atoms with Crippen molar-refractivity contribution in [3.63, 3.8) is 0 Å². The molecule has 0 unspecified atom stereocenters. The van der Waals surface area contributed by atoms with Gasteiger partial charge in [0.2, 0.25) is 0 Å². The molecule has 0 aliphatic rings. The Balaban J connectivity index is 2.49. The van der Waals surface area contributed by atoms with Crippen molar-refractivity contribution >= 4 is 17.6 Å². The number of unbranched alkanes of at least 4 members (excludes halogenated alkanes) is 1. The van der Waals surface area contributed by atoms with Crippen molar-refractivity contribution < 1.29 is 14.3 Å². The maximum Gasteiger partial charge on any atom is 0.309 e. The quantitative estimate of drug-likeness (QED) is 0.742. The van der Waals surface area contributed by atoms with Crippen molar-refractivity contribution in [2.75, 3.05) is 5.32 Å². The molecule has 0 spiro atoms. The van der Waals surface area contributed by atoms with Gasteiger partial charge in [-0.2, -0.15) is 0 Å². The molecule has 1 aromatic carbocycles. The minimum atomic E-state index is -0.784. The first-order chi connectivity index (χ1) is 10.1. The molecule has 116 valence electrons. The lowest BCUT2D eigenvalue weighted by Crippen LogP contribution is -2.32. The van der Waals surface area contributed by atoms with Crippen LogP contribution in [-0.2, 0) is 14.3 Å². The Bertz CT molecular complexity index is 445. The summed E-state index contributed by atoms with van der Waals surface area (Å²) in [6.07, 6.45) is 2.82. The smallest absolute Gasteiger partial charge is 0.309 e. The van der Waals surface area contributed by atoms with Gasteiger partial charge in [-0.1, -0.05) is 44.9 Å². The first kappa shape index (κ1) is 17.2. The fourth-order valence-corrected chi connectivity index (χ4v) is 2.03. The molecule has 1 rings (SSSR count). The van der Waals surface area contributed by atoms with Crippen LogP contribution in [-0.4, -0.2) is 18.0 Å². The van der Waals surface area contributed by atoms with E-state index < -0.39 is 6.10 Å². The van der Waals surface area contributed by atoms with E-state index in [4.69, 9.17) is 4.74 Å². The predicted octanol–water partition coefficient (Wildman–Crippen LogP) is 3.77. The lowest BCUT2D eigenvalue weighted by molar-refractivity contribution is -0.157. The van der Waals surface area contributed by atoms with Crippen LogP contribution in [0.1, 0.15) is 46.5 Å². The van der Waals surface area contributed by atoms with E-state index >= 15 is 0 Å². The van der Waals surface area contributed by atoms with E-state index in [0.29, 0.717) is 5.69 Å². The Morgan fingerprint density at radius 2 is 1.86 bits per heavy atom. The molecule has 0 bridgehead atoms. The van der Waals surface area contributed by atoms with Crippen LogP contribution < -0.4 is 5.32 Å². The van der Waals surface area contributed by atoms with Crippen molar-refractivity contribution in [2.24, 2.45) is 5.92 Å². The molecule has 1 aromatic rings. The largest absolute Gasteiger partial charge is 0.452 e.